The van der Waals surface area contributed by atoms with E-state index in [4.69, 9.17) is 4.98 Å². The van der Waals surface area contributed by atoms with Gasteiger partial charge in [-0.05, 0) is 120 Å². The number of para-hydroxylation sites is 1. The molecular weight excluding hydrogens is 533 g/mol. The van der Waals surface area contributed by atoms with Crippen LogP contribution in [0.1, 0.15) is 70.4 Å². The number of benzene rings is 4. The van der Waals surface area contributed by atoms with Crippen molar-refractivity contribution in [1.82, 2.24) is 9.55 Å². The zero-order valence-electron chi connectivity index (χ0n) is 26.4. The summed E-state index contributed by atoms with van der Waals surface area (Å²) in [4.78, 5) is 8.26. The van der Waals surface area contributed by atoms with Gasteiger partial charge in [0, 0.05) is 28.2 Å². The summed E-state index contributed by atoms with van der Waals surface area (Å²) < 4.78 is 2.51. The molecule has 3 nitrogen and oxygen atoms in total. The van der Waals surface area contributed by atoms with Gasteiger partial charge in [-0.15, -0.1) is 0 Å². The molecule has 0 amide bonds. The van der Waals surface area contributed by atoms with E-state index in [9.17, 15) is 0 Å². The van der Waals surface area contributed by atoms with Crippen LogP contribution in [0.3, 0.4) is 0 Å². The highest BCUT2D eigenvalue weighted by Gasteiger charge is 2.56. The van der Waals surface area contributed by atoms with Crippen molar-refractivity contribution in [2.75, 3.05) is 4.90 Å². The Morgan fingerprint density at radius 1 is 0.750 bits per heavy atom. The largest absolute Gasteiger partial charge is 0.336 e. The Bertz CT molecular complexity index is 1980. The van der Waals surface area contributed by atoms with Crippen molar-refractivity contribution >= 4 is 45.5 Å². The van der Waals surface area contributed by atoms with Crippen LogP contribution in [-0.4, -0.2) is 21.8 Å². The lowest BCUT2D eigenvalue weighted by molar-refractivity contribution is 0.000633. The molecule has 4 saturated carbocycles. The Kier molecular flexibility index (Phi) is 4.92. The summed E-state index contributed by atoms with van der Waals surface area (Å²) in [5, 5.41) is 0. The van der Waals surface area contributed by atoms with Crippen molar-refractivity contribution in [3.05, 3.63) is 90.0 Å². The summed E-state index contributed by atoms with van der Waals surface area (Å²) in [5.74, 6) is 3.71. The minimum Gasteiger partial charge on any atom is -0.336 e. The number of anilines is 2. The van der Waals surface area contributed by atoms with Crippen molar-refractivity contribution in [2.45, 2.75) is 77.2 Å². The normalized spacial score (nSPS) is 25.9. The van der Waals surface area contributed by atoms with E-state index in [1.54, 1.807) is 0 Å². The Balaban J connectivity index is 1.32. The molecule has 4 fully saturated rings. The molecule has 5 aromatic rings. The lowest BCUT2D eigenvalue weighted by Crippen LogP contribution is -2.67. The number of fused-ring (bicyclic) bond motifs is 4. The van der Waals surface area contributed by atoms with Gasteiger partial charge in [-0.2, -0.15) is 0 Å². The third-order valence-corrected chi connectivity index (χ3v) is 12.0. The maximum absolute atomic E-state index is 5.34. The van der Waals surface area contributed by atoms with Crippen LogP contribution in [0.25, 0.3) is 28.1 Å². The van der Waals surface area contributed by atoms with Crippen molar-refractivity contribution in [3.63, 3.8) is 0 Å². The average Bonchev–Trinajstić information content (AvgIpc) is 3.38. The quantitative estimate of drug-likeness (QED) is 0.200. The second-order valence-corrected chi connectivity index (χ2v) is 16.0. The smallest absolute Gasteiger partial charge is 0.252 e. The van der Waals surface area contributed by atoms with Crippen LogP contribution in [0.15, 0.2) is 78.9 Å². The van der Waals surface area contributed by atoms with Crippen LogP contribution in [0.5, 0.6) is 0 Å². The maximum Gasteiger partial charge on any atom is 0.252 e. The van der Waals surface area contributed by atoms with Gasteiger partial charge < -0.3 is 4.90 Å². The molecule has 0 radical (unpaired) electrons. The zero-order chi connectivity index (χ0) is 29.5. The SMILES string of the molecule is Cc1cc2c3c(c1)-n1c(-c4ccccc4)nc4cccc(c41)B3c1cc(C(C)(C)C)ccc1N2C12CC3CC(CC(C3)C1)C2. The van der Waals surface area contributed by atoms with E-state index in [1.165, 1.54) is 94.2 Å². The Morgan fingerprint density at radius 2 is 1.45 bits per heavy atom. The van der Waals surface area contributed by atoms with Crippen LogP contribution in [0.2, 0.25) is 0 Å². The monoisotopic (exact) mass is 573 g/mol. The Morgan fingerprint density at radius 3 is 2.16 bits per heavy atom. The molecule has 4 aliphatic carbocycles. The number of rotatable bonds is 2. The van der Waals surface area contributed by atoms with Gasteiger partial charge >= 0.3 is 0 Å². The minimum atomic E-state index is 0.0832. The molecule has 3 heterocycles. The Hall–Kier alpha value is -3.79. The number of aryl methyl sites for hydroxylation is 1. The second-order valence-electron chi connectivity index (χ2n) is 16.0. The zero-order valence-corrected chi connectivity index (χ0v) is 26.4. The fraction of sp³-hybridized carbons (Fsp3) is 0.375. The second kappa shape index (κ2) is 8.47. The molecule has 4 bridgehead atoms. The molecule has 4 heteroatoms. The number of imidazole rings is 1. The van der Waals surface area contributed by atoms with Crippen LogP contribution in [0, 0.1) is 24.7 Å². The lowest BCUT2D eigenvalue weighted by Gasteiger charge is -2.62. The molecule has 0 unspecified atom stereocenters. The average molecular weight is 574 g/mol. The standard InChI is InChI=1S/C40H40BN3/c1-24-15-34-36-35(16-24)44(40-21-25-17-26(22-40)19-27(18-25)23-40)33-14-13-29(39(2,3)4)20-31(33)41(36)30-11-8-12-32-37(30)43(34)38(42-32)28-9-6-5-7-10-28/h5-16,20,25-27H,17-19,21-23H2,1-4H3. The predicted molar refractivity (Wildman–Crippen MR) is 184 cm³/mol. The molecule has 0 spiro atoms. The molecular formula is C40H40BN3. The lowest BCUT2D eigenvalue weighted by atomic mass is 9.33. The van der Waals surface area contributed by atoms with E-state index >= 15 is 0 Å². The van der Waals surface area contributed by atoms with E-state index in [-0.39, 0.29) is 17.7 Å². The molecule has 0 saturated heterocycles. The van der Waals surface area contributed by atoms with Crippen LogP contribution < -0.4 is 21.3 Å². The summed E-state index contributed by atoms with van der Waals surface area (Å²) in [6, 6.07) is 30.2. The summed E-state index contributed by atoms with van der Waals surface area (Å²) in [5.41, 5.74) is 15.2. The van der Waals surface area contributed by atoms with Gasteiger partial charge in [0.2, 0.25) is 0 Å². The fourth-order valence-corrected chi connectivity index (χ4v) is 10.7. The number of hydrogen-bond acceptors (Lipinski definition) is 2. The van der Waals surface area contributed by atoms with Crippen molar-refractivity contribution in [3.8, 4) is 17.1 Å². The van der Waals surface area contributed by atoms with Crippen LogP contribution >= 0.6 is 0 Å². The van der Waals surface area contributed by atoms with Gasteiger partial charge in [-0.25, -0.2) is 4.98 Å². The van der Waals surface area contributed by atoms with Gasteiger partial charge in [-0.3, -0.25) is 4.57 Å². The summed E-state index contributed by atoms with van der Waals surface area (Å²) in [6.07, 6.45) is 8.39. The van der Waals surface area contributed by atoms with Crippen LogP contribution in [-0.2, 0) is 5.41 Å². The minimum absolute atomic E-state index is 0.0832. The molecule has 0 N–H and O–H groups in total. The fourth-order valence-electron chi connectivity index (χ4n) is 10.7. The van der Waals surface area contributed by atoms with Gasteiger partial charge in [-0.1, -0.05) is 75.4 Å². The number of hydrogen-bond donors (Lipinski definition) is 0. The molecule has 44 heavy (non-hydrogen) atoms. The van der Waals surface area contributed by atoms with E-state index < -0.39 is 0 Å². The highest BCUT2D eigenvalue weighted by atomic mass is 15.2. The highest BCUT2D eigenvalue weighted by molar-refractivity contribution is 7.00. The van der Waals surface area contributed by atoms with Gasteiger partial charge in [0.05, 0.1) is 11.0 Å². The van der Waals surface area contributed by atoms with Gasteiger partial charge in [0.25, 0.3) is 6.71 Å². The van der Waals surface area contributed by atoms with E-state index in [0.29, 0.717) is 0 Å². The third-order valence-electron chi connectivity index (χ3n) is 12.0. The first kappa shape index (κ1) is 25.5. The first-order valence-electron chi connectivity index (χ1n) is 16.9. The van der Waals surface area contributed by atoms with Gasteiger partial charge in [0.1, 0.15) is 5.82 Å². The van der Waals surface area contributed by atoms with E-state index in [1.807, 2.05) is 0 Å². The molecule has 2 aliphatic heterocycles. The number of aromatic nitrogens is 2. The maximum atomic E-state index is 5.34. The topological polar surface area (TPSA) is 21.1 Å². The number of nitrogens with zero attached hydrogens (tertiary/aromatic N) is 3. The van der Waals surface area contributed by atoms with Crippen molar-refractivity contribution in [1.29, 1.82) is 0 Å². The molecule has 0 atom stereocenters. The van der Waals surface area contributed by atoms with Gasteiger partial charge in [0.15, 0.2) is 0 Å². The summed E-state index contributed by atoms with van der Waals surface area (Å²) in [6.45, 7) is 9.58. The summed E-state index contributed by atoms with van der Waals surface area (Å²) >= 11 is 0. The molecule has 11 rings (SSSR count). The Labute approximate surface area is 261 Å². The van der Waals surface area contributed by atoms with Crippen molar-refractivity contribution in [2.24, 2.45) is 17.8 Å². The first-order valence-corrected chi connectivity index (χ1v) is 16.9. The van der Waals surface area contributed by atoms with E-state index in [0.717, 1.165) is 29.1 Å². The van der Waals surface area contributed by atoms with E-state index in [2.05, 4.69) is 116 Å². The van der Waals surface area contributed by atoms with Crippen LogP contribution in [0.4, 0.5) is 11.4 Å². The molecule has 4 aromatic carbocycles. The highest BCUT2D eigenvalue weighted by Crippen LogP contribution is 2.60. The third kappa shape index (κ3) is 3.32. The summed E-state index contributed by atoms with van der Waals surface area (Å²) in [7, 11) is 0. The molecule has 6 aliphatic rings. The first-order chi connectivity index (χ1) is 21.3. The molecule has 1 aromatic heterocycles. The predicted octanol–water partition coefficient (Wildman–Crippen LogP) is 7.55. The molecule has 218 valence electrons. The van der Waals surface area contributed by atoms with Crippen molar-refractivity contribution < 1.29 is 0 Å².